The number of carbonyl (C=O) groups excluding carboxylic acids is 2. The third-order valence-electron chi connectivity index (χ3n) is 7.60. The Balaban J connectivity index is 1.53. The Morgan fingerprint density at radius 2 is 1.00 bits per heavy atom. The number of nitrogens with one attached hydrogen (secondary N) is 2. The van der Waals surface area contributed by atoms with E-state index in [1.807, 2.05) is 0 Å². The summed E-state index contributed by atoms with van der Waals surface area (Å²) in [5, 5.41) is 7.33. The molecule has 204 valence electrons. The fraction of sp³-hybridized carbons (Fsp3) is 0.931. The van der Waals surface area contributed by atoms with Crippen LogP contribution in [0.3, 0.4) is 0 Å². The van der Waals surface area contributed by atoms with E-state index >= 15 is 0 Å². The van der Waals surface area contributed by atoms with Crippen LogP contribution in [-0.2, 0) is 19.1 Å². The Kier molecular flexibility index (Phi) is 10.7. The average Bonchev–Trinajstić information content (AvgIpc) is 2.65. The van der Waals surface area contributed by atoms with E-state index in [0.717, 1.165) is 70.6 Å². The maximum atomic E-state index is 12.4. The summed E-state index contributed by atoms with van der Waals surface area (Å²) in [6, 6.07) is 0. The Bertz CT molecular complexity index is 687. The van der Waals surface area contributed by atoms with Gasteiger partial charge in [0.25, 0.3) is 0 Å². The normalized spacial score (nSPS) is 27.8. The standard InChI is InChI=1S/C29H54N2O4/c1-9-29(8)21-23(20-28(6,7)31-29)35-25(33)17-15-13-11-10-12-14-16-24(32)34-22-18-26(2,3)30-27(4,5)19-22/h22-23,30-31H,9-21H2,1-8H3. The molecule has 2 fully saturated rings. The molecule has 2 heterocycles. The van der Waals surface area contributed by atoms with Crippen molar-refractivity contribution in [1.82, 2.24) is 10.6 Å². The second-order valence-electron chi connectivity index (χ2n) is 13.5. The van der Waals surface area contributed by atoms with Crippen molar-refractivity contribution in [3.05, 3.63) is 0 Å². The molecule has 2 saturated heterocycles. The summed E-state index contributed by atoms with van der Waals surface area (Å²) >= 11 is 0. The lowest BCUT2D eigenvalue weighted by atomic mass is 9.78. The lowest BCUT2D eigenvalue weighted by Crippen LogP contribution is -2.60. The van der Waals surface area contributed by atoms with Gasteiger partial charge in [0.15, 0.2) is 0 Å². The quantitative estimate of drug-likeness (QED) is 0.248. The third-order valence-corrected chi connectivity index (χ3v) is 7.60. The minimum absolute atomic E-state index is 0.000157. The molecule has 2 aliphatic heterocycles. The zero-order chi connectivity index (χ0) is 26.3. The molecule has 0 amide bonds. The molecular weight excluding hydrogens is 440 g/mol. The summed E-state index contributed by atoms with van der Waals surface area (Å²) < 4.78 is 11.6. The molecule has 0 spiro atoms. The molecule has 2 unspecified atom stereocenters. The van der Waals surface area contributed by atoms with Crippen molar-refractivity contribution in [1.29, 1.82) is 0 Å². The van der Waals surface area contributed by atoms with E-state index in [0.29, 0.717) is 12.8 Å². The predicted molar refractivity (Wildman–Crippen MR) is 142 cm³/mol. The maximum absolute atomic E-state index is 12.4. The molecule has 0 bridgehead atoms. The van der Waals surface area contributed by atoms with E-state index in [4.69, 9.17) is 9.47 Å². The van der Waals surface area contributed by atoms with Crippen LogP contribution in [0, 0.1) is 0 Å². The minimum Gasteiger partial charge on any atom is -0.462 e. The summed E-state index contributed by atoms with van der Waals surface area (Å²) in [5.74, 6) is -0.121. The van der Waals surface area contributed by atoms with Crippen LogP contribution in [0.2, 0.25) is 0 Å². The summed E-state index contributed by atoms with van der Waals surface area (Å²) in [4.78, 5) is 24.7. The van der Waals surface area contributed by atoms with Crippen LogP contribution in [0.25, 0.3) is 0 Å². The van der Waals surface area contributed by atoms with Gasteiger partial charge < -0.3 is 20.1 Å². The zero-order valence-electron chi connectivity index (χ0n) is 24.0. The van der Waals surface area contributed by atoms with Gasteiger partial charge in [0.2, 0.25) is 0 Å². The first kappa shape index (κ1) is 30.1. The number of hydrogen-bond donors (Lipinski definition) is 2. The highest BCUT2D eigenvalue weighted by Gasteiger charge is 2.41. The predicted octanol–water partition coefficient (Wildman–Crippen LogP) is 6.20. The number of esters is 2. The Labute approximate surface area is 215 Å². The van der Waals surface area contributed by atoms with Gasteiger partial charge in [0.05, 0.1) is 0 Å². The Morgan fingerprint density at radius 1 is 0.629 bits per heavy atom. The van der Waals surface area contributed by atoms with Crippen LogP contribution in [0.1, 0.15) is 139 Å². The van der Waals surface area contributed by atoms with Crippen molar-refractivity contribution in [2.45, 2.75) is 173 Å². The van der Waals surface area contributed by atoms with Crippen molar-refractivity contribution in [3.8, 4) is 0 Å². The largest absolute Gasteiger partial charge is 0.462 e. The van der Waals surface area contributed by atoms with Crippen molar-refractivity contribution >= 4 is 11.9 Å². The van der Waals surface area contributed by atoms with Gasteiger partial charge in [0.1, 0.15) is 12.2 Å². The molecule has 0 aromatic carbocycles. The van der Waals surface area contributed by atoms with Crippen LogP contribution >= 0.6 is 0 Å². The molecule has 2 aliphatic rings. The van der Waals surface area contributed by atoms with Gasteiger partial charge in [-0.05, 0) is 67.7 Å². The van der Waals surface area contributed by atoms with E-state index in [1.54, 1.807) is 0 Å². The van der Waals surface area contributed by atoms with E-state index in [-0.39, 0.29) is 46.3 Å². The lowest BCUT2D eigenvalue weighted by Gasteiger charge is -2.47. The second-order valence-corrected chi connectivity index (χ2v) is 13.5. The fourth-order valence-electron chi connectivity index (χ4n) is 6.43. The van der Waals surface area contributed by atoms with Crippen molar-refractivity contribution in [2.75, 3.05) is 0 Å². The molecule has 0 aromatic heterocycles. The first-order valence-corrected chi connectivity index (χ1v) is 14.1. The molecule has 2 N–H and O–H groups in total. The van der Waals surface area contributed by atoms with Gasteiger partial charge in [-0.2, -0.15) is 0 Å². The molecule has 35 heavy (non-hydrogen) atoms. The first-order chi connectivity index (χ1) is 16.1. The molecule has 0 saturated carbocycles. The van der Waals surface area contributed by atoms with Crippen LogP contribution in [0.5, 0.6) is 0 Å². The molecule has 0 aromatic rings. The van der Waals surface area contributed by atoms with Crippen LogP contribution in [-0.4, -0.2) is 46.3 Å². The number of hydrogen-bond acceptors (Lipinski definition) is 6. The molecule has 6 nitrogen and oxygen atoms in total. The van der Waals surface area contributed by atoms with Gasteiger partial charge in [-0.3, -0.25) is 9.59 Å². The minimum atomic E-state index is -0.0634. The molecule has 0 radical (unpaired) electrons. The summed E-state index contributed by atoms with van der Waals surface area (Å²) in [6.45, 7) is 17.5. The van der Waals surface area contributed by atoms with Gasteiger partial charge in [-0.15, -0.1) is 0 Å². The monoisotopic (exact) mass is 494 g/mol. The highest BCUT2D eigenvalue weighted by molar-refractivity contribution is 5.69. The maximum Gasteiger partial charge on any atom is 0.306 e. The number of rotatable bonds is 12. The molecule has 2 atom stereocenters. The Hall–Kier alpha value is -1.14. The third kappa shape index (κ3) is 11.2. The number of piperidine rings is 2. The van der Waals surface area contributed by atoms with Gasteiger partial charge in [-0.1, -0.05) is 32.6 Å². The van der Waals surface area contributed by atoms with E-state index in [1.165, 1.54) is 0 Å². The fourth-order valence-corrected chi connectivity index (χ4v) is 6.43. The summed E-state index contributed by atoms with van der Waals surface area (Å²) in [6.07, 6.45) is 11.5. The SMILES string of the molecule is CCC1(C)CC(OC(=O)CCCCCCCCC(=O)OC2CC(C)(C)NC(C)(C)C2)CC(C)(C)N1. The molecule has 0 aliphatic carbocycles. The molecule has 6 heteroatoms. The van der Waals surface area contributed by atoms with Gasteiger partial charge in [-0.25, -0.2) is 0 Å². The second kappa shape index (κ2) is 12.4. The highest BCUT2D eigenvalue weighted by atomic mass is 16.5. The topological polar surface area (TPSA) is 76.7 Å². The molecule has 2 rings (SSSR count). The average molecular weight is 495 g/mol. The van der Waals surface area contributed by atoms with Crippen LogP contribution in [0.15, 0.2) is 0 Å². The smallest absolute Gasteiger partial charge is 0.306 e. The number of carbonyl (C=O) groups is 2. The Morgan fingerprint density at radius 3 is 1.43 bits per heavy atom. The van der Waals surface area contributed by atoms with Crippen molar-refractivity contribution < 1.29 is 19.1 Å². The first-order valence-electron chi connectivity index (χ1n) is 14.1. The number of ether oxygens (including phenoxy) is 2. The van der Waals surface area contributed by atoms with Gasteiger partial charge >= 0.3 is 11.9 Å². The van der Waals surface area contributed by atoms with E-state index in [2.05, 4.69) is 66.0 Å². The highest BCUT2D eigenvalue weighted by Crippen LogP contribution is 2.33. The lowest BCUT2D eigenvalue weighted by molar-refractivity contribution is -0.154. The van der Waals surface area contributed by atoms with Crippen LogP contribution in [0.4, 0.5) is 0 Å². The zero-order valence-corrected chi connectivity index (χ0v) is 24.0. The van der Waals surface area contributed by atoms with Gasteiger partial charge in [0, 0.05) is 60.7 Å². The van der Waals surface area contributed by atoms with E-state index < -0.39 is 0 Å². The van der Waals surface area contributed by atoms with Crippen molar-refractivity contribution in [2.24, 2.45) is 0 Å². The van der Waals surface area contributed by atoms with E-state index in [9.17, 15) is 9.59 Å². The number of unbranched alkanes of at least 4 members (excludes halogenated alkanes) is 5. The van der Waals surface area contributed by atoms with Crippen LogP contribution < -0.4 is 10.6 Å². The molecular formula is C29H54N2O4. The summed E-state index contributed by atoms with van der Waals surface area (Å²) in [7, 11) is 0. The summed E-state index contributed by atoms with van der Waals surface area (Å²) in [5.41, 5.74) is -0.0140. The van der Waals surface area contributed by atoms with Crippen molar-refractivity contribution in [3.63, 3.8) is 0 Å².